The minimum absolute atomic E-state index is 0.812. The van der Waals surface area contributed by atoms with Gasteiger partial charge in [-0.1, -0.05) is 54.1 Å². The molecule has 3 rings (SSSR count). The topological polar surface area (TPSA) is 8.17 Å². The molecular formula is C21H23ClN2. The summed E-state index contributed by atoms with van der Waals surface area (Å²) in [5.41, 5.74) is 4.80. The summed E-state index contributed by atoms with van der Waals surface area (Å²) in [6.07, 6.45) is 6.59. The molecule has 0 spiro atoms. The Kier molecular flexibility index (Phi) is 5.08. The Morgan fingerprint density at radius 1 is 1.08 bits per heavy atom. The van der Waals surface area contributed by atoms with E-state index in [1.165, 1.54) is 22.0 Å². The largest absolute Gasteiger partial charge is 0.346 e. The molecule has 1 aromatic heterocycles. The van der Waals surface area contributed by atoms with Gasteiger partial charge >= 0.3 is 0 Å². The average molecular weight is 339 g/mol. The fourth-order valence-corrected chi connectivity index (χ4v) is 2.98. The molecule has 0 aliphatic carbocycles. The Balaban J connectivity index is 1.93. The maximum absolute atomic E-state index is 6.11. The van der Waals surface area contributed by atoms with Gasteiger partial charge in [0.2, 0.25) is 0 Å². The third-order valence-corrected chi connectivity index (χ3v) is 4.67. The van der Waals surface area contributed by atoms with Gasteiger partial charge in [0.15, 0.2) is 0 Å². The van der Waals surface area contributed by atoms with Crippen molar-refractivity contribution in [3.8, 4) is 0 Å². The Bertz CT molecular complexity index is 875. The van der Waals surface area contributed by atoms with E-state index in [9.17, 15) is 0 Å². The minimum atomic E-state index is 0.812. The standard InChI is InChI=1S/C21H23ClN2/c1-16-14-17(9-11-20(16)22)8-10-18-15-24(13-12-23(2)3)21-7-5-4-6-19(18)21/h4-11,14-15H,12-13H2,1-3H3/b10-8+. The van der Waals surface area contributed by atoms with Crippen LogP contribution >= 0.6 is 11.6 Å². The number of fused-ring (bicyclic) bond motifs is 1. The Labute approximate surface area is 149 Å². The van der Waals surface area contributed by atoms with Crippen molar-refractivity contribution in [2.24, 2.45) is 0 Å². The third-order valence-electron chi connectivity index (χ3n) is 4.24. The summed E-state index contributed by atoms with van der Waals surface area (Å²) in [5.74, 6) is 0. The first-order valence-corrected chi connectivity index (χ1v) is 8.59. The molecule has 0 bridgehead atoms. The number of rotatable bonds is 5. The van der Waals surface area contributed by atoms with Gasteiger partial charge in [-0.2, -0.15) is 0 Å². The van der Waals surface area contributed by atoms with Crippen LogP contribution in [0.4, 0.5) is 0 Å². The highest BCUT2D eigenvalue weighted by Crippen LogP contribution is 2.24. The fraction of sp³-hybridized carbons (Fsp3) is 0.238. The summed E-state index contributed by atoms with van der Waals surface area (Å²) in [6.45, 7) is 4.05. The Morgan fingerprint density at radius 3 is 2.62 bits per heavy atom. The monoisotopic (exact) mass is 338 g/mol. The van der Waals surface area contributed by atoms with E-state index in [1.807, 2.05) is 13.0 Å². The van der Waals surface area contributed by atoms with Crippen LogP contribution in [0.2, 0.25) is 5.02 Å². The summed E-state index contributed by atoms with van der Waals surface area (Å²) in [5, 5.41) is 2.10. The maximum atomic E-state index is 6.11. The first-order chi connectivity index (χ1) is 11.5. The first kappa shape index (κ1) is 16.8. The lowest BCUT2D eigenvalue weighted by atomic mass is 10.1. The molecule has 0 fully saturated rings. The van der Waals surface area contributed by atoms with Gasteiger partial charge in [-0.3, -0.25) is 0 Å². The first-order valence-electron chi connectivity index (χ1n) is 8.21. The van der Waals surface area contributed by atoms with Crippen molar-refractivity contribution >= 4 is 34.7 Å². The van der Waals surface area contributed by atoms with Gasteiger partial charge in [0.1, 0.15) is 0 Å². The number of likely N-dealkylation sites (N-methyl/N-ethyl adjacent to an activating group) is 1. The normalized spacial score (nSPS) is 11.9. The van der Waals surface area contributed by atoms with Crippen molar-refractivity contribution in [1.29, 1.82) is 0 Å². The molecule has 0 radical (unpaired) electrons. The summed E-state index contributed by atoms with van der Waals surface area (Å²) < 4.78 is 2.34. The van der Waals surface area contributed by atoms with Gasteiger partial charge in [0, 0.05) is 35.2 Å². The molecule has 0 amide bonds. The number of nitrogens with zero attached hydrogens (tertiary/aromatic N) is 2. The average Bonchev–Trinajstić information content (AvgIpc) is 2.92. The van der Waals surface area contributed by atoms with Gasteiger partial charge in [0.05, 0.1) is 0 Å². The van der Waals surface area contributed by atoms with Crippen LogP contribution < -0.4 is 0 Å². The van der Waals surface area contributed by atoms with E-state index in [2.05, 4.69) is 78.3 Å². The van der Waals surface area contributed by atoms with E-state index in [0.29, 0.717) is 0 Å². The zero-order chi connectivity index (χ0) is 17.1. The Hall–Kier alpha value is -2.03. The van der Waals surface area contributed by atoms with E-state index in [-0.39, 0.29) is 0 Å². The molecule has 0 aliphatic heterocycles. The van der Waals surface area contributed by atoms with Crippen LogP contribution in [0.3, 0.4) is 0 Å². The molecule has 0 saturated carbocycles. The minimum Gasteiger partial charge on any atom is -0.346 e. The van der Waals surface area contributed by atoms with E-state index in [0.717, 1.165) is 23.7 Å². The van der Waals surface area contributed by atoms with Crippen LogP contribution in [0, 0.1) is 6.92 Å². The van der Waals surface area contributed by atoms with Crippen molar-refractivity contribution in [3.05, 3.63) is 70.4 Å². The second kappa shape index (κ2) is 7.25. The Morgan fingerprint density at radius 2 is 1.88 bits per heavy atom. The number of halogens is 1. The SMILES string of the molecule is Cc1cc(/C=C/c2cn(CCN(C)C)c3ccccc23)ccc1Cl. The van der Waals surface area contributed by atoms with Gasteiger partial charge in [-0.05, 0) is 49.8 Å². The molecule has 0 atom stereocenters. The molecule has 124 valence electrons. The van der Waals surface area contributed by atoms with Crippen LogP contribution in [0.25, 0.3) is 23.1 Å². The molecule has 0 saturated heterocycles. The molecular weight excluding hydrogens is 316 g/mol. The number of aryl methyl sites for hydroxylation is 1. The number of aromatic nitrogens is 1. The van der Waals surface area contributed by atoms with E-state index >= 15 is 0 Å². The van der Waals surface area contributed by atoms with Gasteiger partial charge in [0.25, 0.3) is 0 Å². The molecule has 3 aromatic rings. The van der Waals surface area contributed by atoms with Crippen molar-refractivity contribution in [1.82, 2.24) is 9.47 Å². The lowest BCUT2D eigenvalue weighted by Crippen LogP contribution is -2.17. The second-order valence-corrected chi connectivity index (χ2v) is 6.85. The quantitative estimate of drug-likeness (QED) is 0.610. The van der Waals surface area contributed by atoms with Crippen molar-refractivity contribution in [3.63, 3.8) is 0 Å². The van der Waals surface area contributed by atoms with Gasteiger partial charge in [-0.25, -0.2) is 0 Å². The highest BCUT2D eigenvalue weighted by molar-refractivity contribution is 6.31. The molecule has 24 heavy (non-hydrogen) atoms. The molecule has 2 aromatic carbocycles. The van der Waals surface area contributed by atoms with Crippen LogP contribution in [0.15, 0.2) is 48.7 Å². The lowest BCUT2D eigenvalue weighted by molar-refractivity contribution is 0.387. The van der Waals surface area contributed by atoms with Crippen molar-refractivity contribution < 1.29 is 0 Å². The van der Waals surface area contributed by atoms with Crippen LogP contribution in [-0.2, 0) is 6.54 Å². The smallest absolute Gasteiger partial charge is 0.0486 e. The molecule has 0 N–H and O–H groups in total. The highest BCUT2D eigenvalue weighted by atomic mass is 35.5. The highest BCUT2D eigenvalue weighted by Gasteiger charge is 2.06. The summed E-state index contributed by atoms with van der Waals surface area (Å²) in [6, 6.07) is 14.7. The van der Waals surface area contributed by atoms with E-state index < -0.39 is 0 Å². The van der Waals surface area contributed by atoms with Crippen LogP contribution in [0.1, 0.15) is 16.7 Å². The van der Waals surface area contributed by atoms with Crippen LogP contribution in [-0.4, -0.2) is 30.1 Å². The number of para-hydroxylation sites is 1. The van der Waals surface area contributed by atoms with Crippen molar-refractivity contribution in [2.75, 3.05) is 20.6 Å². The predicted molar refractivity (Wildman–Crippen MR) is 106 cm³/mol. The van der Waals surface area contributed by atoms with Gasteiger partial charge in [-0.15, -0.1) is 0 Å². The van der Waals surface area contributed by atoms with Gasteiger partial charge < -0.3 is 9.47 Å². The third kappa shape index (κ3) is 3.72. The molecule has 3 heteroatoms. The number of hydrogen-bond acceptors (Lipinski definition) is 1. The zero-order valence-corrected chi connectivity index (χ0v) is 15.2. The van der Waals surface area contributed by atoms with Crippen LogP contribution in [0.5, 0.6) is 0 Å². The zero-order valence-electron chi connectivity index (χ0n) is 14.5. The number of hydrogen-bond donors (Lipinski definition) is 0. The van der Waals surface area contributed by atoms with E-state index in [1.54, 1.807) is 0 Å². The summed E-state index contributed by atoms with van der Waals surface area (Å²) in [7, 11) is 4.21. The second-order valence-electron chi connectivity index (χ2n) is 6.44. The lowest BCUT2D eigenvalue weighted by Gasteiger charge is -2.10. The molecule has 2 nitrogen and oxygen atoms in total. The fourth-order valence-electron chi connectivity index (χ4n) is 2.86. The van der Waals surface area contributed by atoms with Crippen molar-refractivity contribution in [2.45, 2.75) is 13.5 Å². The molecule has 0 aliphatic rings. The molecule has 1 heterocycles. The summed E-state index contributed by atoms with van der Waals surface area (Å²) >= 11 is 6.11. The predicted octanol–water partition coefficient (Wildman–Crippen LogP) is 5.34. The van der Waals surface area contributed by atoms with E-state index in [4.69, 9.17) is 11.6 Å². The molecule has 0 unspecified atom stereocenters. The number of benzene rings is 2. The maximum Gasteiger partial charge on any atom is 0.0486 e. The summed E-state index contributed by atoms with van der Waals surface area (Å²) in [4.78, 5) is 2.21.